The summed E-state index contributed by atoms with van der Waals surface area (Å²) in [6.45, 7) is 7.75. The molecule has 6 heteroatoms. The molecule has 0 aliphatic carbocycles. The number of carbonyl (C=O) groups excluding carboxylic acids is 1. The van der Waals surface area contributed by atoms with E-state index in [1.54, 1.807) is 19.1 Å². The van der Waals surface area contributed by atoms with Gasteiger partial charge in [0.25, 0.3) is 0 Å². The molecule has 2 nitrogen and oxygen atoms in total. The minimum atomic E-state index is -4.46. The van der Waals surface area contributed by atoms with Crippen LogP contribution in [0.5, 0.6) is 0 Å². The predicted octanol–water partition coefficient (Wildman–Crippen LogP) is 4.96. The van der Waals surface area contributed by atoms with E-state index in [0.717, 1.165) is 5.56 Å². The van der Waals surface area contributed by atoms with Gasteiger partial charge in [-0.25, -0.2) is 0 Å². The number of carbonyl (C=O) groups is 1. The second-order valence-corrected chi connectivity index (χ2v) is 7.21. The molecule has 0 heterocycles. The Hall–Kier alpha value is -1.17. The molecule has 0 aliphatic heterocycles. The maximum Gasteiger partial charge on any atom is 0.401 e. The van der Waals surface area contributed by atoms with Gasteiger partial charge in [-0.1, -0.05) is 32.9 Å². The Morgan fingerprint density at radius 2 is 1.73 bits per heavy atom. The topological polar surface area (TPSA) is 26.3 Å². The Labute approximate surface area is 133 Å². The van der Waals surface area contributed by atoms with Crippen molar-refractivity contribution in [2.75, 3.05) is 6.61 Å². The highest BCUT2D eigenvalue weighted by Gasteiger charge is 2.42. The summed E-state index contributed by atoms with van der Waals surface area (Å²) in [7, 11) is 0. The van der Waals surface area contributed by atoms with E-state index in [4.69, 9.17) is 0 Å². The van der Waals surface area contributed by atoms with Gasteiger partial charge in [0.05, 0.1) is 13.0 Å². The van der Waals surface area contributed by atoms with Crippen LogP contribution in [0.3, 0.4) is 0 Å². The van der Waals surface area contributed by atoms with Crippen molar-refractivity contribution >= 4 is 17.7 Å². The molecule has 0 aliphatic rings. The first kappa shape index (κ1) is 18.9. The van der Waals surface area contributed by atoms with Gasteiger partial charge in [-0.05, 0) is 30.0 Å². The highest BCUT2D eigenvalue weighted by Crippen LogP contribution is 2.38. The van der Waals surface area contributed by atoms with Crippen LogP contribution in [0.25, 0.3) is 0 Å². The maximum absolute atomic E-state index is 13.0. The van der Waals surface area contributed by atoms with Gasteiger partial charge in [-0.3, -0.25) is 4.79 Å². The van der Waals surface area contributed by atoms with Crippen LogP contribution in [-0.4, -0.2) is 24.0 Å². The fourth-order valence-corrected chi connectivity index (χ4v) is 2.77. The molecular formula is C16H21F3O2S. The highest BCUT2D eigenvalue weighted by molar-refractivity contribution is 8.00. The summed E-state index contributed by atoms with van der Waals surface area (Å²) in [6, 6.07) is 6.96. The van der Waals surface area contributed by atoms with Crippen molar-refractivity contribution in [2.45, 2.75) is 55.9 Å². The van der Waals surface area contributed by atoms with Crippen molar-refractivity contribution in [3.05, 3.63) is 29.8 Å². The minimum absolute atomic E-state index is 0.0580. The summed E-state index contributed by atoms with van der Waals surface area (Å²) in [5.41, 5.74) is 0.989. The molecule has 0 bridgehead atoms. The quantitative estimate of drug-likeness (QED) is 0.562. The standard InChI is InChI=1S/C16H21F3O2S/c1-5-21-14(20)10-13(16(17,18)19)22-12-8-6-11(7-9-12)15(2,3)4/h6-9,13H,5,10H2,1-4H3/t13-/m0/s1. The fraction of sp³-hybridized carbons (Fsp3) is 0.562. The number of halogens is 3. The predicted molar refractivity (Wildman–Crippen MR) is 82.1 cm³/mol. The van der Waals surface area contributed by atoms with E-state index >= 15 is 0 Å². The third kappa shape index (κ3) is 5.91. The second-order valence-electron chi connectivity index (χ2n) is 5.93. The number of thioether (sulfide) groups is 1. The van der Waals surface area contributed by atoms with Gasteiger partial charge in [0.2, 0.25) is 0 Å². The SMILES string of the molecule is CCOC(=O)C[C@H](Sc1ccc(C(C)(C)C)cc1)C(F)(F)F. The van der Waals surface area contributed by atoms with E-state index in [1.165, 1.54) is 0 Å². The summed E-state index contributed by atoms with van der Waals surface area (Å²) in [5, 5.41) is -1.80. The number of hydrogen-bond donors (Lipinski definition) is 0. The second kappa shape index (κ2) is 7.40. The molecule has 0 aromatic heterocycles. The van der Waals surface area contributed by atoms with Crippen LogP contribution in [0.4, 0.5) is 13.2 Å². The van der Waals surface area contributed by atoms with Crippen molar-refractivity contribution in [1.29, 1.82) is 0 Å². The summed E-state index contributed by atoms with van der Waals surface area (Å²) < 4.78 is 43.8. The molecule has 0 amide bonds. The lowest BCUT2D eigenvalue weighted by Gasteiger charge is -2.21. The maximum atomic E-state index is 13.0. The van der Waals surface area contributed by atoms with Gasteiger partial charge in [-0.2, -0.15) is 13.2 Å². The molecule has 0 saturated heterocycles. The number of ether oxygens (including phenoxy) is 1. The third-order valence-electron chi connectivity index (χ3n) is 3.02. The van der Waals surface area contributed by atoms with E-state index in [9.17, 15) is 18.0 Å². The van der Waals surface area contributed by atoms with Gasteiger partial charge in [0.1, 0.15) is 5.25 Å². The molecule has 0 saturated carbocycles. The van der Waals surface area contributed by atoms with Crippen molar-refractivity contribution in [2.24, 2.45) is 0 Å². The largest absolute Gasteiger partial charge is 0.466 e. The molecule has 0 fully saturated rings. The van der Waals surface area contributed by atoms with Crippen LogP contribution in [0, 0.1) is 0 Å². The van der Waals surface area contributed by atoms with E-state index in [-0.39, 0.29) is 12.0 Å². The van der Waals surface area contributed by atoms with Crippen LogP contribution in [0.2, 0.25) is 0 Å². The average Bonchev–Trinajstić information content (AvgIpc) is 2.36. The van der Waals surface area contributed by atoms with Gasteiger partial charge in [-0.15, -0.1) is 11.8 Å². The molecule has 1 aromatic carbocycles. The Kier molecular flexibility index (Phi) is 6.35. The molecule has 1 atom stereocenters. The number of benzene rings is 1. The van der Waals surface area contributed by atoms with Crippen molar-refractivity contribution < 1.29 is 22.7 Å². The summed E-state index contributed by atoms with van der Waals surface area (Å²) in [4.78, 5) is 11.8. The van der Waals surface area contributed by atoms with E-state index in [0.29, 0.717) is 16.7 Å². The van der Waals surface area contributed by atoms with Gasteiger partial charge < -0.3 is 4.74 Å². The molecule has 0 radical (unpaired) electrons. The molecule has 1 rings (SSSR count). The normalized spacial score (nSPS) is 13.8. The van der Waals surface area contributed by atoms with E-state index in [1.807, 2.05) is 32.9 Å². The summed E-state index contributed by atoms with van der Waals surface area (Å²) in [5.74, 6) is -0.830. The van der Waals surface area contributed by atoms with E-state index < -0.39 is 23.8 Å². The lowest BCUT2D eigenvalue weighted by molar-refractivity contribution is -0.154. The smallest absolute Gasteiger partial charge is 0.401 e. The zero-order valence-electron chi connectivity index (χ0n) is 13.2. The van der Waals surface area contributed by atoms with Crippen molar-refractivity contribution in [1.82, 2.24) is 0 Å². The Balaban J connectivity index is 2.84. The minimum Gasteiger partial charge on any atom is -0.466 e. The summed E-state index contributed by atoms with van der Waals surface area (Å²) >= 11 is 0.643. The molecule has 0 N–H and O–H groups in total. The monoisotopic (exact) mass is 334 g/mol. The summed E-state index contributed by atoms with van der Waals surface area (Å²) in [6.07, 6.45) is -5.14. The van der Waals surface area contributed by atoms with Gasteiger partial charge >= 0.3 is 12.1 Å². The molecule has 0 unspecified atom stereocenters. The Bertz CT molecular complexity index is 490. The first-order valence-corrected chi connectivity index (χ1v) is 7.91. The van der Waals surface area contributed by atoms with Crippen LogP contribution < -0.4 is 0 Å². The number of esters is 1. The highest BCUT2D eigenvalue weighted by atomic mass is 32.2. The van der Waals surface area contributed by atoms with Crippen LogP contribution >= 0.6 is 11.8 Å². The first-order valence-electron chi connectivity index (χ1n) is 7.03. The first-order chi connectivity index (χ1) is 10.0. The lowest BCUT2D eigenvalue weighted by Crippen LogP contribution is -2.29. The Morgan fingerprint density at radius 3 is 2.14 bits per heavy atom. The fourth-order valence-electron chi connectivity index (χ4n) is 1.79. The molecule has 0 spiro atoms. The van der Waals surface area contributed by atoms with Crippen LogP contribution in [0.15, 0.2) is 29.2 Å². The number of hydrogen-bond acceptors (Lipinski definition) is 3. The van der Waals surface area contributed by atoms with Crippen molar-refractivity contribution in [3.8, 4) is 0 Å². The van der Waals surface area contributed by atoms with Gasteiger partial charge in [0, 0.05) is 4.90 Å². The van der Waals surface area contributed by atoms with E-state index in [2.05, 4.69) is 4.74 Å². The zero-order chi connectivity index (χ0) is 17.0. The zero-order valence-corrected chi connectivity index (χ0v) is 14.0. The van der Waals surface area contributed by atoms with Crippen LogP contribution in [0.1, 0.15) is 39.7 Å². The Morgan fingerprint density at radius 1 is 1.18 bits per heavy atom. The number of alkyl halides is 3. The molecule has 1 aromatic rings. The number of rotatable bonds is 5. The molecule has 124 valence electrons. The van der Waals surface area contributed by atoms with Gasteiger partial charge in [0.15, 0.2) is 0 Å². The lowest BCUT2D eigenvalue weighted by atomic mass is 9.87. The molecule has 22 heavy (non-hydrogen) atoms. The third-order valence-corrected chi connectivity index (χ3v) is 4.28. The van der Waals surface area contributed by atoms with Crippen LogP contribution in [-0.2, 0) is 14.9 Å². The molecular weight excluding hydrogens is 313 g/mol. The average molecular weight is 334 g/mol. The van der Waals surface area contributed by atoms with Crippen molar-refractivity contribution in [3.63, 3.8) is 0 Å².